The van der Waals surface area contributed by atoms with Crippen LogP contribution in [0.2, 0.25) is 0 Å². The first-order valence-corrected chi connectivity index (χ1v) is 14.4. The van der Waals surface area contributed by atoms with Crippen molar-refractivity contribution in [2.75, 3.05) is 6.54 Å². The van der Waals surface area contributed by atoms with Crippen LogP contribution in [0.1, 0.15) is 47.7 Å². The van der Waals surface area contributed by atoms with Gasteiger partial charge in [-0.3, -0.25) is 0 Å². The molecular weight excluding hydrogens is 502 g/mol. The van der Waals surface area contributed by atoms with Gasteiger partial charge in [-0.1, -0.05) is 116 Å². The lowest BCUT2D eigenvalue weighted by molar-refractivity contribution is 0.468. The van der Waals surface area contributed by atoms with Gasteiger partial charge in [0.1, 0.15) is 11.9 Å². The second-order valence-electron chi connectivity index (χ2n) is 11.0. The molecule has 7 rings (SSSR count). The smallest absolute Gasteiger partial charge is 0.163 e. The number of aromatic nitrogens is 4. The second-order valence-corrected chi connectivity index (χ2v) is 11.0. The second kappa shape index (κ2) is 10.1. The first kappa shape index (κ1) is 25.4. The van der Waals surface area contributed by atoms with Crippen LogP contribution in [0.15, 0.2) is 122 Å². The predicted molar refractivity (Wildman–Crippen MR) is 165 cm³/mol. The maximum absolute atomic E-state index is 6.20. The molecule has 2 N–H and O–H groups in total. The van der Waals surface area contributed by atoms with Gasteiger partial charge in [-0.25, -0.2) is 14.6 Å². The highest BCUT2D eigenvalue weighted by Crippen LogP contribution is 2.48. The molecular formula is C36H33N5. The van der Waals surface area contributed by atoms with Gasteiger partial charge < -0.3 is 5.73 Å². The molecule has 1 saturated carbocycles. The van der Waals surface area contributed by atoms with E-state index in [2.05, 4.69) is 127 Å². The van der Waals surface area contributed by atoms with Gasteiger partial charge in [0.25, 0.3) is 0 Å². The van der Waals surface area contributed by atoms with E-state index in [1.807, 2.05) is 0 Å². The Balaban J connectivity index is 1.56. The lowest BCUT2D eigenvalue weighted by Gasteiger charge is -2.36. The minimum atomic E-state index is -0.749. The van der Waals surface area contributed by atoms with E-state index in [1.54, 1.807) is 6.33 Å². The lowest BCUT2D eigenvalue weighted by atomic mass is 9.77. The summed E-state index contributed by atoms with van der Waals surface area (Å²) in [5.41, 5.74) is 14.0. The van der Waals surface area contributed by atoms with E-state index in [9.17, 15) is 0 Å². The molecule has 0 radical (unpaired) electrons. The molecule has 1 aliphatic rings. The highest BCUT2D eigenvalue weighted by atomic mass is 15.4. The van der Waals surface area contributed by atoms with Crippen LogP contribution in [-0.2, 0) is 17.4 Å². The van der Waals surface area contributed by atoms with Gasteiger partial charge >= 0.3 is 0 Å². The van der Waals surface area contributed by atoms with Gasteiger partial charge in [-0.2, -0.15) is 5.10 Å². The Kier molecular flexibility index (Phi) is 6.25. The molecule has 0 amide bonds. The maximum Gasteiger partial charge on any atom is 0.163 e. The summed E-state index contributed by atoms with van der Waals surface area (Å²) < 4.78 is 2.14. The highest BCUT2D eigenvalue weighted by Gasteiger charge is 2.43. The van der Waals surface area contributed by atoms with Crippen molar-refractivity contribution < 1.29 is 0 Å². The summed E-state index contributed by atoms with van der Waals surface area (Å²) in [6.07, 6.45) is 4.71. The van der Waals surface area contributed by atoms with E-state index in [4.69, 9.17) is 20.8 Å². The van der Waals surface area contributed by atoms with Gasteiger partial charge in [0.2, 0.25) is 0 Å². The van der Waals surface area contributed by atoms with Crippen LogP contribution in [-0.4, -0.2) is 26.3 Å². The molecule has 0 aliphatic heterocycles. The maximum atomic E-state index is 6.20. The fourth-order valence-corrected chi connectivity index (χ4v) is 6.38. The van der Waals surface area contributed by atoms with E-state index < -0.39 is 5.54 Å². The number of hydrogen-bond donors (Lipinski definition) is 1. The summed E-state index contributed by atoms with van der Waals surface area (Å²) in [5.74, 6) is 0. The topological polar surface area (TPSA) is 69.6 Å². The molecule has 2 heterocycles. The van der Waals surface area contributed by atoms with Crippen LogP contribution < -0.4 is 5.73 Å². The zero-order valence-corrected chi connectivity index (χ0v) is 23.2. The van der Waals surface area contributed by atoms with Gasteiger partial charge in [-0.05, 0) is 47.6 Å². The van der Waals surface area contributed by atoms with Crippen molar-refractivity contribution in [2.24, 2.45) is 5.73 Å². The van der Waals surface area contributed by atoms with E-state index >= 15 is 0 Å². The molecule has 0 saturated heterocycles. The molecule has 41 heavy (non-hydrogen) atoms. The number of nitrogens with zero attached hydrogens (tertiary/aromatic N) is 4. The third-order valence-electron chi connectivity index (χ3n) is 8.76. The van der Waals surface area contributed by atoms with E-state index in [0.717, 1.165) is 63.9 Å². The molecule has 6 aromatic rings. The van der Waals surface area contributed by atoms with Crippen molar-refractivity contribution >= 4 is 11.0 Å². The number of hydrogen-bond acceptors (Lipinski definition) is 4. The number of aryl methyl sites for hydroxylation is 1. The quantitative estimate of drug-likeness (QED) is 0.216. The van der Waals surface area contributed by atoms with Crippen molar-refractivity contribution in [2.45, 2.75) is 37.1 Å². The third-order valence-corrected chi connectivity index (χ3v) is 8.76. The van der Waals surface area contributed by atoms with Crippen molar-refractivity contribution in [3.63, 3.8) is 0 Å². The fourth-order valence-electron chi connectivity index (χ4n) is 6.38. The molecule has 0 spiro atoms. The summed E-state index contributed by atoms with van der Waals surface area (Å²) >= 11 is 0. The number of benzene rings is 4. The largest absolute Gasteiger partial charge is 0.330 e. The van der Waals surface area contributed by atoms with Crippen LogP contribution in [0.3, 0.4) is 0 Å². The molecule has 2 aromatic heterocycles. The Bertz CT molecular complexity index is 1710. The Morgan fingerprint density at radius 2 is 1.34 bits per heavy atom. The minimum Gasteiger partial charge on any atom is -0.330 e. The molecule has 202 valence electrons. The van der Waals surface area contributed by atoms with Crippen molar-refractivity contribution in [1.29, 1.82) is 0 Å². The van der Waals surface area contributed by atoms with Gasteiger partial charge in [0.15, 0.2) is 5.65 Å². The molecule has 0 atom stereocenters. The van der Waals surface area contributed by atoms with Crippen LogP contribution >= 0.6 is 0 Å². The summed E-state index contributed by atoms with van der Waals surface area (Å²) in [6.45, 7) is 2.82. The van der Waals surface area contributed by atoms with Gasteiger partial charge in [-0.15, -0.1) is 0 Å². The number of nitrogens with two attached hydrogens (primary N) is 1. The highest BCUT2D eigenvalue weighted by molar-refractivity contribution is 5.93. The van der Waals surface area contributed by atoms with E-state index in [-0.39, 0.29) is 5.41 Å². The minimum absolute atomic E-state index is 0.100. The van der Waals surface area contributed by atoms with Crippen LogP contribution in [0.5, 0.6) is 0 Å². The molecule has 5 nitrogen and oxygen atoms in total. The summed E-state index contributed by atoms with van der Waals surface area (Å²) in [4.78, 5) is 9.82. The SMILES string of the molecule is CCc1nn(C(c2ccccc2)(c2ccccc2)c2ccccc2)c2ncnc(-c3cccc(C4(CN)CC4)c3)c12. The van der Waals surface area contributed by atoms with E-state index in [0.29, 0.717) is 6.54 Å². The van der Waals surface area contributed by atoms with Crippen LogP contribution in [0.4, 0.5) is 0 Å². The monoisotopic (exact) mass is 535 g/mol. The number of rotatable bonds is 8. The average molecular weight is 536 g/mol. The normalized spacial score (nSPS) is 14.3. The Morgan fingerprint density at radius 1 is 0.756 bits per heavy atom. The molecule has 1 fully saturated rings. The first-order chi connectivity index (χ1) is 20.2. The van der Waals surface area contributed by atoms with Crippen molar-refractivity contribution in [1.82, 2.24) is 19.7 Å². The predicted octanol–water partition coefficient (Wildman–Crippen LogP) is 6.89. The summed E-state index contributed by atoms with van der Waals surface area (Å²) in [6, 6.07) is 40.6. The molecule has 4 aromatic carbocycles. The zero-order valence-electron chi connectivity index (χ0n) is 23.2. The Morgan fingerprint density at radius 3 is 1.85 bits per heavy atom. The van der Waals surface area contributed by atoms with Crippen molar-refractivity contribution in [3.8, 4) is 11.3 Å². The third kappa shape index (κ3) is 3.99. The number of fused-ring (bicyclic) bond motifs is 1. The summed E-state index contributed by atoms with van der Waals surface area (Å²) in [5, 5.41) is 6.39. The van der Waals surface area contributed by atoms with Gasteiger partial charge in [0.05, 0.1) is 16.8 Å². The van der Waals surface area contributed by atoms with Crippen molar-refractivity contribution in [3.05, 3.63) is 150 Å². The molecule has 0 bridgehead atoms. The molecule has 1 aliphatic carbocycles. The first-order valence-electron chi connectivity index (χ1n) is 14.4. The van der Waals surface area contributed by atoms with Gasteiger partial charge in [0, 0.05) is 17.5 Å². The Labute approximate surface area is 240 Å². The van der Waals surface area contributed by atoms with E-state index in [1.165, 1.54) is 5.56 Å². The summed E-state index contributed by atoms with van der Waals surface area (Å²) in [7, 11) is 0. The zero-order chi connectivity index (χ0) is 27.9. The van der Waals surface area contributed by atoms with Crippen LogP contribution in [0.25, 0.3) is 22.3 Å². The fraction of sp³-hybridized carbons (Fsp3) is 0.194. The lowest BCUT2D eigenvalue weighted by Crippen LogP contribution is -2.38. The average Bonchev–Trinajstić information content (AvgIpc) is 3.77. The van der Waals surface area contributed by atoms with Crippen LogP contribution in [0, 0.1) is 0 Å². The molecule has 5 heteroatoms. The standard InChI is InChI=1S/C36H33N5/c1-2-31-32-33(26-13-12-20-30(23-26)35(24-37)21-22-35)38-25-39-34(32)41(40-31)36(27-14-6-3-7-15-27,28-16-8-4-9-17-28)29-18-10-5-11-19-29/h3-20,23,25H,2,21-22,24,37H2,1H3. The Hall–Kier alpha value is -4.61. The molecule has 0 unspecified atom stereocenters.